The maximum absolute atomic E-state index is 12.7. The zero-order chi connectivity index (χ0) is 23.5. The van der Waals surface area contributed by atoms with E-state index >= 15 is 0 Å². The van der Waals surface area contributed by atoms with E-state index in [0.29, 0.717) is 31.0 Å². The van der Waals surface area contributed by atoms with Crippen LogP contribution in [0.4, 0.5) is 22.0 Å². The summed E-state index contributed by atoms with van der Waals surface area (Å²) in [5, 5.41) is 10.9. The van der Waals surface area contributed by atoms with Gasteiger partial charge in [-0.3, -0.25) is 4.98 Å². The van der Waals surface area contributed by atoms with Crippen LogP contribution in [0.1, 0.15) is 35.6 Å². The van der Waals surface area contributed by atoms with Gasteiger partial charge in [-0.25, -0.2) is 9.78 Å². The first-order valence-corrected chi connectivity index (χ1v) is 11.5. The van der Waals surface area contributed by atoms with E-state index in [1.807, 2.05) is 59.1 Å². The van der Waals surface area contributed by atoms with Crippen molar-refractivity contribution in [3.63, 3.8) is 0 Å². The van der Waals surface area contributed by atoms with Crippen LogP contribution in [0.15, 0.2) is 61.1 Å². The minimum atomic E-state index is -0.120. The second-order valence-electron chi connectivity index (χ2n) is 8.62. The molecule has 0 saturated carbocycles. The van der Waals surface area contributed by atoms with Gasteiger partial charge in [0.05, 0.1) is 17.6 Å². The number of likely N-dealkylation sites (tertiary alicyclic amines) is 1. The number of hydrogen-bond donors (Lipinski definition) is 3. The van der Waals surface area contributed by atoms with E-state index in [-0.39, 0.29) is 11.9 Å². The summed E-state index contributed by atoms with van der Waals surface area (Å²) in [5.41, 5.74) is 11.2. The molecule has 0 radical (unpaired) electrons. The molecule has 9 heteroatoms. The van der Waals surface area contributed by atoms with Gasteiger partial charge in [-0.15, -0.1) is 0 Å². The van der Waals surface area contributed by atoms with Crippen LogP contribution >= 0.6 is 0 Å². The van der Waals surface area contributed by atoms with Crippen molar-refractivity contribution < 1.29 is 4.79 Å². The molecular weight excluding hydrogens is 428 g/mol. The Morgan fingerprint density at radius 2 is 1.97 bits per heavy atom. The topological polar surface area (TPSA) is 113 Å². The number of aryl methyl sites for hydroxylation is 1. The predicted molar refractivity (Wildman–Crippen MR) is 133 cm³/mol. The maximum atomic E-state index is 12.7. The number of para-hydroxylation sites is 2. The Balaban J connectivity index is 1.29. The number of hydrogen-bond acceptors (Lipinski definition) is 6. The van der Waals surface area contributed by atoms with E-state index in [4.69, 9.17) is 10.7 Å². The van der Waals surface area contributed by atoms with Crippen LogP contribution in [0.2, 0.25) is 0 Å². The first-order valence-electron chi connectivity index (χ1n) is 11.5. The largest absolute Gasteiger partial charge is 0.397 e. The minimum absolute atomic E-state index is 0.120. The number of nitrogens with two attached hydrogens (primary N) is 1. The number of aromatic nitrogens is 4. The molecule has 1 aliphatic rings. The molecule has 1 aromatic carbocycles. The maximum Gasteiger partial charge on any atom is 0.321 e. The van der Waals surface area contributed by atoms with Crippen LogP contribution < -0.4 is 16.4 Å². The molecule has 4 N–H and O–H groups in total. The van der Waals surface area contributed by atoms with Crippen LogP contribution in [0.3, 0.4) is 0 Å². The summed E-state index contributed by atoms with van der Waals surface area (Å²) in [7, 11) is 0. The Bertz CT molecular complexity index is 1300. The molecule has 4 aromatic rings. The van der Waals surface area contributed by atoms with Crippen LogP contribution in [0.5, 0.6) is 0 Å². The molecule has 1 saturated heterocycles. The average molecular weight is 457 g/mol. The third-order valence-corrected chi connectivity index (χ3v) is 6.27. The number of carbonyl (C=O) groups is 1. The summed E-state index contributed by atoms with van der Waals surface area (Å²) >= 11 is 0. The lowest BCUT2D eigenvalue weighted by atomic mass is 9.93. The molecule has 0 aliphatic carbocycles. The second kappa shape index (κ2) is 9.38. The van der Waals surface area contributed by atoms with Crippen LogP contribution in [0, 0.1) is 6.92 Å². The van der Waals surface area contributed by atoms with Gasteiger partial charge in [-0.2, -0.15) is 9.61 Å². The third-order valence-electron chi connectivity index (χ3n) is 6.27. The highest BCUT2D eigenvalue weighted by Gasteiger charge is 2.26. The van der Waals surface area contributed by atoms with E-state index in [1.54, 1.807) is 12.3 Å². The van der Waals surface area contributed by atoms with E-state index in [2.05, 4.69) is 26.8 Å². The molecule has 5 rings (SSSR count). The fourth-order valence-electron chi connectivity index (χ4n) is 4.31. The van der Waals surface area contributed by atoms with Gasteiger partial charge in [0.15, 0.2) is 5.65 Å². The van der Waals surface area contributed by atoms with Crippen molar-refractivity contribution in [1.82, 2.24) is 24.5 Å². The zero-order valence-electron chi connectivity index (χ0n) is 19.1. The Morgan fingerprint density at radius 1 is 1.15 bits per heavy atom. The number of urea groups is 1. The highest BCUT2D eigenvalue weighted by atomic mass is 16.2. The predicted octanol–water partition coefficient (Wildman–Crippen LogP) is 4.04. The zero-order valence-corrected chi connectivity index (χ0v) is 19.1. The summed E-state index contributed by atoms with van der Waals surface area (Å²) in [4.78, 5) is 23.7. The number of nitrogens with one attached hydrogen (secondary N) is 2. The number of pyridine rings is 1. The highest BCUT2D eigenvalue weighted by molar-refractivity contribution is 5.92. The van der Waals surface area contributed by atoms with Gasteiger partial charge in [0.2, 0.25) is 0 Å². The van der Waals surface area contributed by atoms with E-state index in [9.17, 15) is 4.79 Å². The smallest absolute Gasteiger partial charge is 0.321 e. The molecule has 0 atom stereocenters. The molecule has 174 valence electrons. The molecule has 0 bridgehead atoms. The number of nitrogen functional groups attached to an aromatic ring is 1. The summed E-state index contributed by atoms with van der Waals surface area (Å²) in [6, 6.07) is 13.2. The molecule has 2 amide bonds. The quantitative estimate of drug-likeness (QED) is 0.391. The number of carbonyl (C=O) groups excluding carboxylic acids is 1. The summed E-state index contributed by atoms with van der Waals surface area (Å²) < 4.78 is 1.85. The van der Waals surface area contributed by atoms with Crippen molar-refractivity contribution in [2.24, 2.45) is 0 Å². The lowest BCUT2D eigenvalue weighted by Gasteiger charge is -2.32. The monoisotopic (exact) mass is 456 g/mol. The Morgan fingerprint density at radius 3 is 2.74 bits per heavy atom. The SMILES string of the molecule is Cc1cnn2c(NCc3cccnc3)cc(C3CCN(C(=O)Nc4ccccc4N)CC3)nc12. The fraction of sp³-hybridized carbons (Fsp3) is 0.280. The number of benzene rings is 1. The third kappa shape index (κ3) is 4.50. The molecule has 9 nitrogen and oxygen atoms in total. The van der Waals surface area contributed by atoms with Gasteiger partial charge in [-0.05, 0) is 43.5 Å². The lowest BCUT2D eigenvalue weighted by molar-refractivity contribution is 0.194. The molecular formula is C25H28N8O. The highest BCUT2D eigenvalue weighted by Crippen LogP contribution is 2.30. The van der Waals surface area contributed by atoms with Gasteiger partial charge in [0.25, 0.3) is 0 Å². The van der Waals surface area contributed by atoms with Gasteiger partial charge < -0.3 is 21.3 Å². The van der Waals surface area contributed by atoms with Crippen molar-refractivity contribution in [1.29, 1.82) is 0 Å². The van der Waals surface area contributed by atoms with Crippen molar-refractivity contribution >= 4 is 28.9 Å². The average Bonchev–Trinajstić information content (AvgIpc) is 3.25. The summed E-state index contributed by atoms with van der Waals surface area (Å²) in [6.45, 7) is 3.98. The number of piperidine rings is 1. The Labute approximate surface area is 198 Å². The first-order chi connectivity index (χ1) is 16.6. The van der Waals surface area contributed by atoms with E-state index in [0.717, 1.165) is 41.1 Å². The molecule has 1 fully saturated rings. The van der Waals surface area contributed by atoms with Gasteiger partial charge >= 0.3 is 6.03 Å². The normalized spacial score (nSPS) is 14.3. The summed E-state index contributed by atoms with van der Waals surface area (Å²) in [6.07, 6.45) is 7.14. The number of anilines is 3. The summed E-state index contributed by atoms with van der Waals surface area (Å²) in [5.74, 6) is 1.17. The van der Waals surface area contributed by atoms with Crippen molar-refractivity contribution in [2.45, 2.75) is 32.2 Å². The van der Waals surface area contributed by atoms with E-state index in [1.165, 1.54) is 0 Å². The van der Waals surface area contributed by atoms with Crippen LogP contribution in [0.25, 0.3) is 5.65 Å². The number of amides is 2. The molecule has 1 aliphatic heterocycles. The van der Waals surface area contributed by atoms with Gasteiger partial charge in [0, 0.05) is 55.3 Å². The first kappa shape index (κ1) is 21.7. The van der Waals surface area contributed by atoms with Crippen molar-refractivity contribution in [3.05, 3.63) is 77.9 Å². The molecule has 4 heterocycles. The number of rotatable bonds is 5. The van der Waals surface area contributed by atoms with Crippen molar-refractivity contribution in [3.8, 4) is 0 Å². The van der Waals surface area contributed by atoms with Gasteiger partial charge in [0.1, 0.15) is 5.82 Å². The van der Waals surface area contributed by atoms with Crippen molar-refractivity contribution in [2.75, 3.05) is 29.5 Å². The van der Waals surface area contributed by atoms with Crippen LogP contribution in [-0.2, 0) is 6.54 Å². The molecule has 0 unspecified atom stereocenters. The second-order valence-corrected chi connectivity index (χ2v) is 8.62. The molecule has 3 aromatic heterocycles. The molecule has 0 spiro atoms. The molecule has 34 heavy (non-hydrogen) atoms. The minimum Gasteiger partial charge on any atom is -0.397 e. The standard InChI is InChI=1S/C25H28N8O/c1-17-14-29-33-23(28-16-18-5-4-10-27-15-18)13-22(30-24(17)33)19-8-11-32(12-9-19)25(34)31-21-7-3-2-6-20(21)26/h2-7,10,13-15,19,28H,8-9,11-12,16,26H2,1H3,(H,31,34). The van der Waals surface area contributed by atoms with Crippen LogP contribution in [-0.4, -0.2) is 43.6 Å². The van der Waals surface area contributed by atoms with Gasteiger partial charge in [-0.1, -0.05) is 18.2 Å². The number of nitrogens with zero attached hydrogens (tertiary/aromatic N) is 5. The Kier molecular flexibility index (Phi) is 5.99. The fourth-order valence-corrected chi connectivity index (χ4v) is 4.31. The Hall–Kier alpha value is -4.14. The number of fused-ring (bicyclic) bond motifs is 1. The van der Waals surface area contributed by atoms with E-state index < -0.39 is 0 Å². The lowest BCUT2D eigenvalue weighted by Crippen LogP contribution is -2.40.